The van der Waals surface area contributed by atoms with Crippen molar-refractivity contribution in [3.63, 3.8) is 0 Å². The number of likely N-dealkylation sites (tertiary alicyclic amines) is 1. The maximum Gasteiger partial charge on any atom is 0.230 e. The van der Waals surface area contributed by atoms with Crippen LogP contribution in [0.5, 0.6) is 0 Å². The Morgan fingerprint density at radius 2 is 1.61 bits per heavy atom. The van der Waals surface area contributed by atoms with Gasteiger partial charge in [-0.1, -0.05) is 12.8 Å². The van der Waals surface area contributed by atoms with Gasteiger partial charge in [-0.05, 0) is 69.8 Å². The lowest BCUT2D eigenvalue weighted by molar-refractivity contribution is 0.207. The van der Waals surface area contributed by atoms with Crippen LogP contribution in [0, 0.1) is 0 Å². The number of aromatic nitrogens is 6. The Bertz CT molecular complexity index is 1350. The summed E-state index contributed by atoms with van der Waals surface area (Å²) in [4.78, 5) is 19.0. The highest BCUT2D eigenvalue weighted by Crippen LogP contribution is 2.37. The van der Waals surface area contributed by atoms with Crippen molar-refractivity contribution >= 4 is 39.5 Å². The Morgan fingerprint density at radius 3 is 2.39 bits per heavy atom. The molecule has 2 aliphatic heterocycles. The monoisotopic (exact) mass is 483 g/mol. The molecule has 4 aromatic heterocycles. The number of piperidine rings is 1. The van der Waals surface area contributed by atoms with Crippen LogP contribution in [0.1, 0.15) is 57.4 Å². The molecule has 0 radical (unpaired) electrons. The molecular formula is C27H33N9. The molecule has 3 fully saturated rings. The zero-order chi connectivity index (χ0) is 23.9. The molecule has 9 nitrogen and oxygen atoms in total. The molecule has 186 valence electrons. The molecule has 0 amide bonds. The van der Waals surface area contributed by atoms with Crippen LogP contribution in [-0.2, 0) is 0 Å². The fourth-order valence-electron chi connectivity index (χ4n) is 6.50. The molecule has 0 bridgehead atoms. The lowest BCUT2D eigenvalue weighted by Gasteiger charge is -2.37. The predicted octanol–water partition coefficient (Wildman–Crippen LogP) is 4.69. The van der Waals surface area contributed by atoms with Gasteiger partial charge < -0.3 is 19.7 Å². The molecule has 36 heavy (non-hydrogen) atoms. The summed E-state index contributed by atoms with van der Waals surface area (Å²) in [6.07, 6.45) is 15.8. The van der Waals surface area contributed by atoms with Gasteiger partial charge >= 0.3 is 0 Å². The van der Waals surface area contributed by atoms with E-state index >= 15 is 0 Å². The normalized spacial score (nSPS) is 20.2. The summed E-state index contributed by atoms with van der Waals surface area (Å²) in [5.74, 6) is 2.16. The average molecular weight is 484 g/mol. The number of rotatable bonds is 5. The number of anilines is 3. The standard InChI is InChI=1S/C27H33N9/c1-2-6-20(5-1)36-23-18-28-12-9-21(23)22-17-29-27(31-26(22)36)30-24-7-8-25(33-32-24)35-15-10-19(11-16-35)34-13-3-4-14-34/h7-9,12,17-20H,1-6,10-11,13-16H2,(H,29,30,31,32). The fraction of sp³-hybridized carbons (Fsp3) is 0.519. The van der Waals surface area contributed by atoms with Gasteiger partial charge in [-0.15, -0.1) is 10.2 Å². The Morgan fingerprint density at radius 1 is 0.778 bits per heavy atom. The SMILES string of the molecule is c1cc2c3cnc(Nc4ccc(N5CCC(N6CCCC6)CC5)nn4)nc3n(C3CCCC3)c2cn1. The molecule has 1 aliphatic carbocycles. The molecule has 0 unspecified atom stereocenters. The van der Waals surface area contributed by atoms with E-state index in [1.54, 1.807) is 0 Å². The Balaban J connectivity index is 1.09. The summed E-state index contributed by atoms with van der Waals surface area (Å²) in [5.41, 5.74) is 2.11. The second kappa shape index (κ2) is 9.28. The van der Waals surface area contributed by atoms with Gasteiger partial charge in [-0.25, -0.2) is 4.98 Å². The minimum absolute atomic E-state index is 0.464. The topological polar surface area (TPSA) is 87.9 Å². The van der Waals surface area contributed by atoms with Crippen LogP contribution in [0.2, 0.25) is 0 Å². The number of hydrogen-bond acceptors (Lipinski definition) is 8. The minimum atomic E-state index is 0.464. The van der Waals surface area contributed by atoms with Crippen LogP contribution < -0.4 is 10.2 Å². The highest BCUT2D eigenvalue weighted by atomic mass is 15.3. The third-order valence-electron chi connectivity index (χ3n) is 8.37. The third kappa shape index (κ3) is 3.95. The molecule has 0 atom stereocenters. The number of nitrogens with one attached hydrogen (secondary N) is 1. The maximum atomic E-state index is 4.94. The van der Waals surface area contributed by atoms with Crippen LogP contribution in [0.3, 0.4) is 0 Å². The number of fused-ring (bicyclic) bond motifs is 3. The van der Waals surface area contributed by atoms with Crippen LogP contribution in [0.15, 0.2) is 36.8 Å². The number of hydrogen-bond donors (Lipinski definition) is 1. The minimum Gasteiger partial charge on any atom is -0.355 e. The van der Waals surface area contributed by atoms with Gasteiger partial charge in [0, 0.05) is 48.3 Å². The highest BCUT2D eigenvalue weighted by molar-refractivity contribution is 6.06. The second-order valence-electron chi connectivity index (χ2n) is 10.5. The number of pyridine rings is 1. The maximum absolute atomic E-state index is 4.94. The van der Waals surface area contributed by atoms with E-state index in [1.807, 2.05) is 24.7 Å². The molecule has 6 heterocycles. The molecule has 3 aliphatic rings. The first-order valence-electron chi connectivity index (χ1n) is 13.5. The molecule has 1 N–H and O–H groups in total. The zero-order valence-corrected chi connectivity index (χ0v) is 20.7. The first kappa shape index (κ1) is 21.9. The largest absolute Gasteiger partial charge is 0.355 e. The summed E-state index contributed by atoms with van der Waals surface area (Å²) in [5, 5.41) is 14.5. The van der Waals surface area contributed by atoms with Crippen molar-refractivity contribution in [1.29, 1.82) is 0 Å². The predicted molar refractivity (Wildman–Crippen MR) is 142 cm³/mol. The van der Waals surface area contributed by atoms with Gasteiger partial charge in [0.25, 0.3) is 0 Å². The van der Waals surface area contributed by atoms with Gasteiger partial charge in [0.2, 0.25) is 5.95 Å². The van der Waals surface area contributed by atoms with Gasteiger partial charge in [-0.2, -0.15) is 4.98 Å². The number of nitrogens with zero attached hydrogens (tertiary/aromatic N) is 8. The summed E-state index contributed by atoms with van der Waals surface area (Å²) in [6, 6.07) is 7.31. The highest BCUT2D eigenvalue weighted by Gasteiger charge is 2.27. The fourth-order valence-corrected chi connectivity index (χ4v) is 6.50. The second-order valence-corrected chi connectivity index (χ2v) is 10.5. The Labute approximate surface area is 210 Å². The summed E-state index contributed by atoms with van der Waals surface area (Å²) >= 11 is 0. The first-order valence-corrected chi connectivity index (χ1v) is 13.5. The van der Waals surface area contributed by atoms with Crippen LogP contribution >= 0.6 is 0 Å². The zero-order valence-electron chi connectivity index (χ0n) is 20.7. The van der Waals surface area contributed by atoms with Crippen LogP contribution in [-0.4, -0.2) is 66.8 Å². The van der Waals surface area contributed by atoms with E-state index in [0.717, 1.165) is 46.9 Å². The van der Waals surface area contributed by atoms with E-state index in [-0.39, 0.29) is 0 Å². The van der Waals surface area contributed by atoms with Crippen molar-refractivity contribution < 1.29 is 0 Å². The Kier molecular flexibility index (Phi) is 5.65. The molecule has 4 aromatic rings. The van der Waals surface area contributed by atoms with Crippen molar-refractivity contribution in [2.45, 2.75) is 63.5 Å². The summed E-state index contributed by atoms with van der Waals surface area (Å²) in [7, 11) is 0. The van der Waals surface area contributed by atoms with Crippen LogP contribution in [0.4, 0.5) is 17.6 Å². The smallest absolute Gasteiger partial charge is 0.230 e. The van der Waals surface area contributed by atoms with Gasteiger partial charge in [0.05, 0.1) is 11.7 Å². The molecular weight excluding hydrogens is 450 g/mol. The molecule has 0 spiro atoms. The third-order valence-corrected chi connectivity index (χ3v) is 8.37. The molecule has 9 heteroatoms. The van der Waals surface area contributed by atoms with Crippen molar-refractivity contribution in [2.75, 3.05) is 36.4 Å². The van der Waals surface area contributed by atoms with Gasteiger partial charge in [-0.3, -0.25) is 4.98 Å². The average Bonchev–Trinajstić information content (AvgIpc) is 3.70. The van der Waals surface area contributed by atoms with E-state index < -0.39 is 0 Å². The van der Waals surface area contributed by atoms with Crippen molar-refractivity contribution in [2.24, 2.45) is 0 Å². The lowest BCUT2D eigenvalue weighted by atomic mass is 10.0. The molecule has 1 saturated carbocycles. The van der Waals surface area contributed by atoms with Crippen molar-refractivity contribution in [1.82, 2.24) is 34.6 Å². The van der Waals surface area contributed by atoms with Crippen molar-refractivity contribution in [3.05, 3.63) is 36.8 Å². The van der Waals surface area contributed by atoms with E-state index in [2.05, 4.69) is 52.0 Å². The molecule has 7 rings (SSSR count). The molecule has 2 saturated heterocycles. The summed E-state index contributed by atoms with van der Waals surface area (Å²) < 4.78 is 2.37. The first-order chi connectivity index (χ1) is 17.8. The van der Waals surface area contributed by atoms with Crippen LogP contribution in [0.25, 0.3) is 21.9 Å². The van der Waals surface area contributed by atoms with Gasteiger partial charge in [0.15, 0.2) is 11.6 Å². The van der Waals surface area contributed by atoms with E-state index in [9.17, 15) is 0 Å². The van der Waals surface area contributed by atoms with E-state index in [4.69, 9.17) is 4.98 Å². The van der Waals surface area contributed by atoms with Crippen molar-refractivity contribution in [3.8, 4) is 0 Å². The lowest BCUT2D eigenvalue weighted by Crippen LogP contribution is -2.44. The van der Waals surface area contributed by atoms with E-state index in [0.29, 0.717) is 17.8 Å². The van der Waals surface area contributed by atoms with E-state index in [1.165, 1.54) is 64.5 Å². The molecule has 0 aromatic carbocycles. The summed E-state index contributed by atoms with van der Waals surface area (Å²) in [6.45, 7) is 4.64. The quantitative estimate of drug-likeness (QED) is 0.437. The Hall–Kier alpha value is -3.33. The van der Waals surface area contributed by atoms with Gasteiger partial charge in [0.1, 0.15) is 5.65 Å².